The molecule has 5 heteroatoms. The second kappa shape index (κ2) is 3.58. The molecule has 2 atom stereocenters. The zero-order valence-electron chi connectivity index (χ0n) is 4.88. The third-order valence-electron chi connectivity index (χ3n) is 0.800. The van der Waals surface area contributed by atoms with Crippen molar-refractivity contribution in [1.82, 2.24) is 4.98 Å². The minimum Gasteiger partial charge on any atom is -0.372 e. The molecule has 1 aromatic heterocycles. The van der Waals surface area contributed by atoms with Crippen LogP contribution in [0.25, 0.3) is 0 Å². The van der Waals surface area contributed by atoms with Crippen LogP contribution < -0.4 is 4.62 Å². The minimum absolute atomic E-state index is 0.0467. The van der Waals surface area contributed by atoms with Crippen molar-refractivity contribution < 1.29 is 4.89 Å². The van der Waals surface area contributed by atoms with Crippen LogP contribution in [0, 0.1) is 6.92 Å². The smallest absolute Gasteiger partial charge is 0.0900 e. The third kappa shape index (κ3) is 2.27. The normalized spacial score (nSPS) is 12.7. The summed E-state index contributed by atoms with van der Waals surface area (Å²) >= 11 is 1.66. The summed E-state index contributed by atoms with van der Waals surface area (Å²) in [6.07, 6.45) is 1.83. The first-order chi connectivity index (χ1) is 4.33. The summed E-state index contributed by atoms with van der Waals surface area (Å²) in [6, 6.07) is 0. The Labute approximate surface area is 61.3 Å². The fourth-order valence-electron chi connectivity index (χ4n) is 0.474. The van der Waals surface area contributed by atoms with E-state index in [2.05, 4.69) is 4.98 Å². The van der Waals surface area contributed by atoms with Crippen LogP contribution in [0.3, 0.4) is 0 Å². The molecule has 0 aliphatic rings. The highest BCUT2D eigenvalue weighted by Crippen LogP contribution is 2.32. The zero-order chi connectivity index (χ0) is 6.69. The monoisotopic (exact) mass is 179 g/mol. The van der Waals surface area contributed by atoms with Crippen molar-refractivity contribution in [3.8, 4) is 0 Å². The van der Waals surface area contributed by atoms with Gasteiger partial charge in [0.2, 0.25) is 0 Å². The van der Waals surface area contributed by atoms with Gasteiger partial charge in [-0.15, -0.1) is 11.3 Å². The van der Waals surface area contributed by atoms with Crippen molar-refractivity contribution in [2.75, 3.05) is 0 Å². The van der Waals surface area contributed by atoms with E-state index in [0.29, 0.717) is 8.27 Å². The molecule has 50 valence electrons. The van der Waals surface area contributed by atoms with E-state index < -0.39 is 0 Å². The molecule has 1 heterocycles. The van der Waals surface area contributed by atoms with Gasteiger partial charge >= 0.3 is 0 Å². The van der Waals surface area contributed by atoms with Crippen LogP contribution in [-0.4, -0.2) is 9.88 Å². The maximum atomic E-state index is 8.55. The van der Waals surface area contributed by atoms with Crippen LogP contribution in [0.2, 0.25) is 0 Å². The van der Waals surface area contributed by atoms with Gasteiger partial charge in [-0.05, 0) is 15.2 Å². The zero-order valence-corrected chi connectivity index (χ0v) is 7.70. The molecule has 2 unspecified atom stereocenters. The van der Waals surface area contributed by atoms with E-state index in [1.54, 1.807) is 11.3 Å². The molecule has 0 bridgehead atoms. The summed E-state index contributed by atoms with van der Waals surface area (Å²) in [6.45, 7) is 1.97. The summed E-state index contributed by atoms with van der Waals surface area (Å²) < 4.78 is 1.20. The van der Waals surface area contributed by atoms with Crippen molar-refractivity contribution in [3.63, 3.8) is 0 Å². The predicted molar refractivity (Wildman–Crippen MR) is 45.3 cm³/mol. The van der Waals surface area contributed by atoms with Crippen LogP contribution >= 0.6 is 28.1 Å². The van der Waals surface area contributed by atoms with Crippen molar-refractivity contribution >= 4 is 32.7 Å². The van der Waals surface area contributed by atoms with E-state index in [4.69, 9.17) is 4.89 Å². The summed E-state index contributed by atoms with van der Waals surface area (Å²) in [7, 11) is 0.594. The topological polar surface area (TPSA) is 33.1 Å². The Morgan fingerprint density at radius 3 is 3.00 bits per heavy atom. The molecule has 0 amide bonds. The summed E-state index contributed by atoms with van der Waals surface area (Å²) in [4.78, 5) is 12.6. The largest absolute Gasteiger partial charge is 0.372 e. The Balaban J connectivity index is 2.61. The predicted octanol–water partition coefficient (Wildman–Crippen LogP) is 1.26. The molecular weight excluding hydrogens is 172 g/mol. The van der Waals surface area contributed by atoms with Crippen LogP contribution in [0.15, 0.2) is 6.20 Å². The first-order valence-electron chi connectivity index (χ1n) is 2.40. The van der Waals surface area contributed by atoms with E-state index in [-0.39, 0.29) is 8.50 Å². The molecule has 0 spiro atoms. The Kier molecular flexibility index (Phi) is 3.00. The van der Waals surface area contributed by atoms with Crippen LogP contribution in [-0.2, 0) is 0 Å². The van der Waals surface area contributed by atoms with Crippen molar-refractivity contribution in [1.29, 1.82) is 0 Å². The Morgan fingerprint density at radius 2 is 2.56 bits per heavy atom. The molecule has 0 aromatic carbocycles. The van der Waals surface area contributed by atoms with Gasteiger partial charge in [0, 0.05) is 14.7 Å². The first-order valence-corrected chi connectivity index (χ1v) is 6.17. The highest BCUT2D eigenvalue weighted by Gasteiger charge is 1.94. The molecule has 2 nitrogen and oxygen atoms in total. The molecule has 0 aliphatic carbocycles. The van der Waals surface area contributed by atoms with Crippen molar-refractivity contribution in [2.24, 2.45) is 0 Å². The number of aryl methyl sites for hydroxylation is 1. The molecule has 1 aromatic rings. The van der Waals surface area contributed by atoms with Gasteiger partial charge in [-0.2, -0.15) is 0 Å². The SMILES string of the molecule is Cc1ncc(PPO)s1. The lowest BCUT2D eigenvalue weighted by molar-refractivity contribution is 0.660. The Morgan fingerprint density at radius 1 is 1.78 bits per heavy atom. The van der Waals surface area contributed by atoms with Gasteiger partial charge in [0.15, 0.2) is 0 Å². The first kappa shape index (κ1) is 7.56. The average Bonchev–Trinajstić information content (AvgIpc) is 2.17. The fraction of sp³-hybridized carbons (Fsp3) is 0.250. The molecule has 9 heavy (non-hydrogen) atoms. The molecule has 1 N–H and O–H groups in total. The van der Waals surface area contributed by atoms with E-state index in [0.717, 1.165) is 5.01 Å². The number of thiazole rings is 1. The van der Waals surface area contributed by atoms with Gasteiger partial charge in [0.25, 0.3) is 0 Å². The number of aromatic nitrogens is 1. The lowest BCUT2D eigenvalue weighted by Gasteiger charge is -1.85. The van der Waals surface area contributed by atoms with E-state index in [1.165, 1.54) is 4.62 Å². The summed E-state index contributed by atoms with van der Waals surface area (Å²) in [5.41, 5.74) is 0. The highest BCUT2D eigenvalue weighted by molar-refractivity contribution is 8.14. The van der Waals surface area contributed by atoms with Crippen LogP contribution in [0.5, 0.6) is 0 Å². The quantitative estimate of drug-likeness (QED) is 0.693. The molecule has 0 saturated heterocycles. The second-order valence-electron chi connectivity index (χ2n) is 1.48. The van der Waals surface area contributed by atoms with Gasteiger partial charge in [0.05, 0.1) is 9.63 Å². The molecular formula is C4H7NOP2S. The van der Waals surface area contributed by atoms with E-state index >= 15 is 0 Å². The summed E-state index contributed by atoms with van der Waals surface area (Å²) in [5.74, 6) is 0. The molecule has 0 radical (unpaired) electrons. The maximum absolute atomic E-state index is 8.55. The Bertz CT molecular complexity index is 190. The lowest BCUT2D eigenvalue weighted by Crippen LogP contribution is -1.76. The van der Waals surface area contributed by atoms with Gasteiger partial charge in [-0.25, -0.2) is 4.98 Å². The second-order valence-corrected chi connectivity index (χ2v) is 5.51. The molecule has 1 rings (SSSR count). The number of hydrogen-bond acceptors (Lipinski definition) is 3. The average molecular weight is 179 g/mol. The van der Waals surface area contributed by atoms with Gasteiger partial charge < -0.3 is 4.89 Å². The van der Waals surface area contributed by atoms with E-state index in [9.17, 15) is 0 Å². The highest BCUT2D eigenvalue weighted by atomic mass is 32.1. The minimum atomic E-state index is 0.0467. The standard InChI is InChI=1S/C4H7NOP2S/c1-3-5-2-4(9-3)7-8-6/h2,6-8H,1H3. The third-order valence-corrected chi connectivity index (χ3v) is 4.31. The lowest BCUT2D eigenvalue weighted by atomic mass is 10.8. The van der Waals surface area contributed by atoms with Gasteiger partial charge in [-0.1, -0.05) is 0 Å². The maximum Gasteiger partial charge on any atom is 0.0900 e. The number of nitrogens with zero attached hydrogens (tertiary/aromatic N) is 1. The van der Waals surface area contributed by atoms with E-state index in [1.807, 2.05) is 13.1 Å². The fourth-order valence-corrected chi connectivity index (χ4v) is 3.28. The number of rotatable bonds is 2. The molecule has 0 fully saturated rings. The van der Waals surface area contributed by atoms with Crippen molar-refractivity contribution in [3.05, 3.63) is 11.2 Å². The Hall–Kier alpha value is 0.450. The van der Waals surface area contributed by atoms with Gasteiger partial charge in [-0.3, -0.25) is 0 Å². The summed E-state index contributed by atoms with van der Waals surface area (Å²) in [5, 5.41) is 1.08. The van der Waals surface area contributed by atoms with Crippen LogP contribution in [0.1, 0.15) is 5.01 Å². The number of hydrogen-bond donors (Lipinski definition) is 1. The van der Waals surface area contributed by atoms with Crippen molar-refractivity contribution in [2.45, 2.75) is 6.92 Å². The van der Waals surface area contributed by atoms with Crippen LogP contribution in [0.4, 0.5) is 0 Å². The van der Waals surface area contributed by atoms with Gasteiger partial charge in [0.1, 0.15) is 0 Å². The molecule has 0 aliphatic heterocycles. The molecule has 0 saturated carbocycles.